The van der Waals surface area contributed by atoms with Crippen molar-refractivity contribution in [2.75, 3.05) is 18.4 Å². The number of hydrogen-bond donors (Lipinski definition) is 1. The molecule has 1 aliphatic heterocycles. The third-order valence-electron chi connectivity index (χ3n) is 4.06. The van der Waals surface area contributed by atoms with Gasteiger partial charge in [-0.1, -0.05) is 28.8 Å². The molecule has 0 atom stereocenters. The van der Waals surface area contributed by atoms with Gasteiger partial charge in [0.05, 0.1) is 13.1 Å². The van der Waals surface area contributed by atoms with Crippen LogP contribution < -0.4 is 5.32 Å². The monoisotopic (exact) mass is 334 g/mol. The van der Waals surface area contributed by atoms with Gasteiger partial charge in [-0.25, -0.2) is 0 Å². The summed E-state index contributed by atoms with van der Waals surface area (Å²) in [5, 5.41) is 3.40. The van der Waals surface area contributed by atoms with E-state index in [4.69, 9.17) is 4.74 Å². The van der Waals surface area contributed by atoms with Crippen LogP contribution in [0.5, 0.6) is 0 Å². The molecular weight excluding hydrogens is 306 g/mol. The number of piperidine rings is 1. The lowest BCUT2D eigenvalue weighted by molar-refractivity contribution is -0.665. The molecule has 0 saturated carbocycles. The zero-order valence-corrected chi connectivity index (χ0v) is 14.0. The largest absolute Gasteiger partial charge is 0.459 e. The molecule has 0 spiro atoms. The Morgan fingerprint density at radius 3 is 2.47 bits per heavy atom. The van der Waals surface area contributed by atoms with Crippen molar-refractivity contribution in [3.05, 3.63) is 0 Å². The molecule has 3 nitrogen and oxygen atoms in total. The zero-order chi connectivity index (χ0) is 14.1. The van der Waals surface area contributed by atoms with E-state index in [1.54, 1.807) is 0 Å². The standard InChI is InChI=1S/C15H28BrNO2/c1-15(2,13-8-11-17-12-9-13)19-14(18)7-5-3-4-6-10-16/h13,17H,3-12H2,1-2H3/p+1. The topological polar surface area (TPSA) is 42.9 Å². The second-order valence-electron chi connectivity index (χ2n) is 6.07. The highest BCUT2D eigenvalue weighted by Gasteiger charge is 2.34. The summed E-state index contributed by atoms with van der Waals surface area (Å²) in [4.78, 5) is 11.9. The van der Waals surface area contributed by atoms with E-state index in [2.05, 4.69) is 35.1 Å². The smallest absolute Gasteiger partial charge is 0.306 e. The Hall–Kier alpha value is -0.0900. The van der Waals surface area contributed by atoms with Gasteiger partial charge in [0.1, 0.15) is 5.60 Å². The maximum absolute atomic E-state index is 11.9. The molecule has 112 valence electrons. The average molecular weight is 335 g/mol. The lowest BCUT2D eigenvalue weighted by atomic mass is 9.83. The van der Waals surface area contributed by atoms with Crippen LogP contribution in [0, 0.1) is 5.92 Å². The van der Waals surface area contributed by atoms with Crippen molar-refractivity contribution in [1.29, 1.82) is 0 Å². The number of ether oxygens (including phenoxy) is 1. The normalized spacial score (nSPS) is 17.4. The predicted molar refractivity (Wildman–Crippen MR) is 81.4 cm³/mol. The third-order valence-corrected chi connectivity index (χ3v) is 4.62. The third kappa shape index (κ3) is 6.75. The van der Waals surface area contributed by atoms with Crippen molar-refractivity contribution in [3.63, 3.8) is 0 Å². The minimum atomic E-state index is -0.290. The fourth-order valence-electron chi connectivity index (χ4n) is 2.77. The van der Waals surface area contributed by atoms with Crippen LogP contribution in [-0.2, 0) is 9.53 Å². The predicted octanol–water partition coefficient (Wildman–Crippen LogP) is 2.63. The molecule has 0 radical (unpaired) electrons. The van der Waals surface area contributed by atoms with Crippen molar-refractivity contribution in [2.45, 2.75) is 64.4 Å². The Morgan fingerprint density at radius 1 is 1.21 bits per heavy atom. The van der Waals surface area contributed by atoms with Gasteiger partial charge >= 0.3 is 5.97 Å². The number of unbranched alkanes of at least 4 members (excludes halogenated alkanes) is 3. The van der Waals surface area contributed by atoms with E-state index in [0.29, 0.717) is 12.3 Å². The molecule has 1 heterocycles. The van der Waals surface area contributed by atoms with Crippen LogP contribution in [0.4, 0.5) is 0 Å². The number of esters is 1. The molecule has 0 amide bonds. The van der Waals surface area contributed by atoms with E-state index in [-0.39, 0.29) is 11.6 Å². The van der Waals surface area contributed by atoms with Crippen LogP contribution >= 0.6 is 15.9 Å². The van der Waals surface area contributed by atoms with Gasteiger partial charge in [-0.05, 0) is 26.7 Å². The minimum absolute atomic E-state index is 0.0154. The van der Waals surface area contributed by atoms with E-state index in [1.807, 2.05) is 0 Å². The Bertz CT molecular complexity index is 263. The van der Waals surface area contributed by atoms with Crippen molar-refractivity contribution >= 4 is 21.9 Å². The first-order valence-electron chi connectivity index (χ1n) is 7.65. The van der Waals surface area contributed by atoms with Crippen molar-refractivity contribution in [2.24, 2.45) is 5.92 Å². The van der Waals surface area contributed by atoms with Gasteiger partial charge < -0.3 is 10.1 Å². The Labute approximate surface area is 126 Å². The average Bonchev–Trinajstić information content (AvgIpc) is 2.39. The van der Waals surface area contributed by atoms with E-state index in [0.717, 1.165) is 44.1 Å². The first kappa shape index (κ1) is 17.0. The molecule has 1 fully saturated rings. The summed E-state index contributed by atoms with van der Waals surface area (Å²) >= 11 is 3.42. The summed E-state index contributed by atoms with van der Waals surface area (Å²) < 4.78 is 5.72. The second-order valence-corrected chi connectivity index (χ2v) is 6.86. The summed E-state index contributed by atoms with van der Waals surface area (Å²) in [6.07, 6.45) is 7.36. The van der Waals surface area contributed by atoms with E-state index >= 15 is 0 Å². The fourth-order valence-corrected chi connectivity index (χ4v) is 3.16. The molecule has 1 saturated heterocycles. The van der Waals surface area contributed by atoms with Crippen molar-refractivity contribution < 1.29 is 14.8 Å². The number of hydrogen-bond acceptors (Lipinski definition) is 2. The summed E-state index contributed by atoms with van der Waals surface area (Å²) in [7, 11) is 0. The molecule has 0 unspecified atom stereocenters. The zero-order valence-electron chi connectivity index (χ0n) is 12.4. The van der Waals surface area contributed by atoms with Gasteiger partial charge in [-0.2, -0.15) is 0 Å². The van der Waals surface area contributed by atoms with Crippen molar-refractivity contribution in [1.82, 2.24) is 0 Å². The summed E-state index contributed by atoms with van der Waals surface area (Å²) in [6, 6.07) is 0. The van der Waals surface area contributed by atoms with Gasteiger partial charge in [0, 0.05) is 30.5 Å². The van der Waals surface area contributed by atoms with Gasteiger partial charge in [-0.15, -0.1) is 0 Å². The van der Waals surface area contributed by atoms with E-state index in [9.17, 15) is 4.79 Å². The van der Waals surface area contributed by atoms with E-state index in [1.165, 1.54) is 12.8 Å². The first-order valence-corrected chi connectivity index (χ1v) is 8.78. The Balaban J connectivity index is 2.21. The molecule has 1 rings (SSSR count). The molecular formula is C15H29BrNO2+. The maximum atomic E-state index is 11.9. The lowest BCUT2D eigenvalue weighted by Crippen LogP contribution is -2.86. The number of nitrogens with two attached hydrogens (primary N) is 1. The number of quaternary nitrogens is 1. The SMILES string of the molecule is CC(C)(OC(=O)CCCCCCBr)C1CC[NH2+]CC1. The van der Waals surface area contributed by atoms with Gasteiger partial charge in [-0.3, -0.25) is 4.79 Å². The second kappa shape index (κ2) is 8.96. The maximum Gasteiger partial charge on any atom is 0.306 e. The van der Waals surface area contributed by atoms with Gasteiger partial charge in [0.15, 0.2) is 0 Å². The molecule has 2 N–H and O–H groups in total. The fraction of sp³-hybridized carbons (Fsp3) is 0.933. The molecule has 0 aromatic rings. The van der Waals surface area contributed by atoms with Crippen LogP contribution in [-0.4, -0.2) is 30.0 Å². The number of alkyl halides is 1. The summed E-state index contributed by atoms with van der Waals surface area (Å²) in [6.45, 7) is 6.48. The summed E-state index contributed by atoms with van der Waals surface area (Å²) in [5.41, 5.74) is -0.290. The molecule has 4 heteroatoms. The minimum Gasteiger partial charge on any atom is -0.459 e. The number of rotatable bonds is 8. The first-order chi connectivity index (χ1) is 9.06. The molecule has 1 aliphatic rings. The van der Waals surface area contributed by atoms with E-state index < -0.39 is 0 Å². The molecule has 0 aromatic carbocycles. The Morgan fingerprint density at radius 2 is 1.84 bits per heavy atom. The molecule has 0 aromatic heterocycles. The quantitative estimate of drug-likeness (QED) is 0.421. The van der Waals surface area contributed by atoms with Crippen LogP contribution in [0.25, 0.3) is 0 Å². The van der Waals surface area contributed by atoms with Crippen LogP contribution in [0.1, 0.15) is 58.8 Å². The van der Waals surface area contributed by atoms with Gasteiger partial charge in [0.2, 0.25) is 0 Å². The van der Waals surface area contributed by atoms with Crippen LogP contribution in [0.15, 0.2) is 0 Å². The highest BCUT2D eigenvalue weighted by Crippen LogP contribution is 2.28. The van der Waals surface area contributed by atoms with Gasteiger partial charge in [0.25, 0.3) is 0 Å². The molecule has 0 bridgehead atoms. The van der Waals surface area contributed by atoms with Crippen LogP contribution in [0.2, 0.25) is 0 Å². The highest BCUT2D eigenvalue weighted by atomic mass is 79.9. The molecule has 19 heavy (non-hydrogen) atoms. The number of halogens is 1. The Kier molecular flexibility index (Phi) is 8.00. The lowest BCUT2D eigenvalue weighted by Gasteiger charge is -2.35. The summed E-state index contributed by atoms with van der Waals surface area (Å²) in [5.74, 6) is 0.508. The number of carbonyl (C=O) groups excluding carboxylic acids is 1. The van der Waals surface area contributed by atoms with Crippen LogP contribution in [0.3, 0.4) is 0 Å². The highest BCUT2D eigenvalue weighted by molar-refractivity contribution is 9.09. The van der Waals surface area contributed by atoms with Crippen molar-refractivity contribution in [3.8, 4) is 0 Å². The number of carbonyl (C=O) groups is 1. The molecule has 0 aliphatic carbocycles.